The van der Waals surface area contributed by atoms with Crippen LogP contribution >= 0.6 is 0 Å². The molecule has 1 nitrogen and oxygen atoms in total. The smallest absolute Gasteiger partial charge is 0.400 e. The van der Waals surface area contributed by atoms with Gasteiger partial charge in [0.2, 0.25) is 0 Å². The van der Waals surface area contributed by atoms with Gasteiger partial charge < -0.3 is 4.74 Å². The summed E-state index contributed by atoms with van der Waals surface area (Å²) in [5.74, 6) is -3.38. The number of ether oxygens (including phenoxy) is 1. The van der Waals surface area contributed by atoms with Gasteiger partial charge in [-0.1, -0.05) is 70.5 Å². The Morgan fingerprint density at radius 2 is 1.53 bits per heavy atom. The van der Waals surface area contributed by atoms with Crippen molar-refractivity contribution in [2.75, 3.05) is 0 Å². The molecule has 0 saturated heterocycles. The molecule has 0 aromatic rings. The van der Waals surface area contributed by atoms with Crippen LogP contribution in [0.25, 0.3) is 0 Å². The van der Waals surface area contributed by atoms with Crippen molar-refractivity contribution in [1.29, 1.82) is 0 Å². The Labute approximate surface area is 178 Å². The molecule has 0 bridgehead atoms. The molecule has 0 heterocycles. The van der Waals surface area contributed by atoms with Gasteiger partial charge >= 0.3 is 6.11 Å². The molecular formula is C25H32F4O. The molecule has 0 spiro atoms. The molecule has 0 saturated carbocycles. The van der Waals surface area contributed by atoms with Crippen LogP contribution in [0.15, 0.2) is 96.9 Å². The molecule has 0 N–H and O–H groups in total. The van der Waals surface area contributed by atoms with Gasteiger partial charge in [0, 0.05) is 11.6 Å². The summed E-state index contributed by atoms with van der Waals surface area (Å²) in [5, 5.41) is 0. The van der Waals surface area contributed by atoms with Gasteiger partial charge in [-0.05, 0) is 43.8 Å². The summed E-state index contributed by atoms with van der Waals surface area (Å²) in [6.45, 7) is 24.2. The molecule has 0 amide bonds. The maximum Gasteiger partial charge on any atom is 0.400 e. The highest BCUT2D eigenvalue weighted by molar-refractivity contribution is 5.48. The van der Waals surface area contributed by atoms with E-state index in [2.05, 4.69) is 37.6 Å². The zero-order valence-corrected chi connectivity index (χ0v) is 18.3. The summed E-state index contributed by atoms with van der Waals surface area (Å²) < 4.78 is 61.1. The van der Waals surface area contributed by atoms with Gasteiger partial charge in [-0.25, -0.2) is 8.78 Å². The first-order valence-electron chi connectivity index (χ1n) is 9.58. The van der Waals surface area contributed by atoms with Crippen LogP contribution in [0.2, 0.25) is 0 Å². The second-order valence-electron chi connectivity index (χ2n) is 7.35. The maximum atomic E-state index is 14.4. The molecule has 0 fully saturated rings. The van der Waals surface area contributed by atoms with Crippen LogP contribution in [0.5, 0.6) is 0 Å². The van der Waals surface area contributed by atoms with Gasteiger partial charge in [-0.15, -0.1) is 0 Å². The van der Waals surface area contributed by atoms with Gasteiger partial charge in [0.15, 0.2) is 0 Å². The third kappa shape index (κ3) is 9.29. The highest BCUT2D eigenvalue weighted by Crippen LogP contribution is 2.34. The number of hydrogen-bond acceptors (Lipinski definition) is 1. The Kier molecular flexibility index (Phi) is 11.2. The minimum atomic E-state index is -3.58. The van der Waals surface area contributed by atoms with Crippen molar-refractivity contribution in [2.24, 2.45) is 11.8 Å². The van der Waals surface area contributed by atoms with Crippen LogP contribution in [0.1, 0.15) is 40.5 Å². The Morgan fingerprint density at radius 3 is 2.03 bits per heavy atom. The van der Waals surface area contributed by atoms with E-state index in [-0.39, 0.29) is 29.1 Å². The number of allylic oxidation sites excluding steroid dienone is 10. The third-order valence-corrected chi connectivity index (χ3v) is 4.56. The molecule has 0 aromatic carbocycles. The molecule has 30 heavy (non-hydrogen) atoms. The second kappa shape index (κ2) is 12.2. The van der Waals surface area contributed by atoms with Gasteiger partial charge in [0.05, 0.1) is 5.92 Å². The van der Waals surface area contributed by atoms with Crippen LogP contribution in [0, 0.1) is 11.8 Å². The van der Waals surface area contributed by atoms with E-state index < -0.39 is 29.4 Å². The standard InChI is InChI=1S/C25H32F4O/c1-10-23(26)21(8)18(5)13-14-19(6)25(28,29)30-20(7)15-24(27)22(9)17(4)12-11-16(2)3/h10-12,15,18-19H,2,4,7-9,13-14H2,1,3,5-6H3/b12-11-,23-10+,24-15+. The zero-order chi connectivity index (χ0) is 23.6. The maximum absolute atomic E-state index is 14.4. The Morgan fingerprint density at radius 1 is 0.967 bits per heavy atom. The fraction of sp³-hybridized carbons (Fsp3) is 0.360. The van der Waals surface area contributed by atoms with E-state index in [1.165, 1.54) is 26.0 Å². The van der Waals surface area contributed by atoms with Gasteiger partial charge in [0.1, 0.15) is 17.4 Å². The summed E-state index contributed by atoms with van der Waals surface area (Å²) in [5.41, 5.74) is 1.19. The van der Waals surface area contributed by atoms with Crippen molar-refractivity contribution in [3.63, 3.8) is 0 Å². The predicted molar refractivity (Wildman–Crippen MR) is 118 cm³/mol. The number of hydrogen-bond donors (Lipinski definition) is 0. The van der Waals surface area contributed by atoms with Crippen LogP contribution in [-0.2, 0) is 4.74 Å². The van der Waals surface area contributed by atoms with Crippen LogP contribution < -0.4 is 0 Å². The molecule has 0 radical (unpaired) electrons. The Hall–Kier alpha value is -2.56. The first kappa shape index (κ1) is 27.4. The lowest BCUT2D eigenvalue weighted by atomic mass is 9.92. The summed E-state index contributed by atoms with van der Waals surface area (Å²) in [7, 11) is 0. The van der Waals surface area contributed by atoms with Crippen molar-refractivity contribution >= 4 is 0 Å². The van der Waals surface area contributed by atoms with Crippen LogP contribution in [-0.4, -0.2) is 6.11 Å². The first-order valence-corrected chi connectivity index (χ1v) is 9.58. The van der Waals surface area contributed by atoms with E-state index in [9.17, 15) is 17.6 Å². The molecule has 0 aromatic heterocycles. The van der Waals surface area contributed by atoms with Crippen molar-refractivity contribution < 1.29 is 22.3 Å². The van der Waals surface area contributed by atoms with E-state index in [0.29, 0.717) is 6.42 Å². The molecule has 0 aliphatic carbocycles. The average molecular weight is 425 g/mol. The monoisotopic (exact) mass is 424 g/mol. The topological polar surface area (TPSA) is 9.23 Å². The summed E-state index contributed by atoms with van der Waals surface area (Å²) in [6, 6.07) is 0. The van der Waals surface area contributed by atoms with Gasteiger partial charge in [-0.2, -0.15) is 8.78 Å². The largest absolute Gasteiger partial charge is 0.433 e. The van der Waals surface area contributed by atoms with Crippen LogP contribution in [0.4, 0.5) is 17.6 Å². The van der Waals surface area contributed by atoms with Gasteiger partial charge in [0.25, 0.3) is 0 Å². The van der Waals surface area contributed by atoms with E-state index in [4.69, 9.17) is 0 Å². The van der Waals surface area contributed by atoms with Crippen molar-refractivity contribution in [3.8, 4) is 0 Å². The Balaban J connectivity index is 4.96. The summed E-state index contributed by atoms with van der Waals surface area (Å²) in [4.78, 5) is 0. The minimum absolute atomic E-state index is 0.0544. The van der Waals surface area contributed by atoms with Crippen molar-refractivity contribution in [2.45, 2.75) is 46.6 Å². The van der Waals surface area contributed by atoms with Crippen LogP contribution in [0.3, 0.4) is 0 Å². The fourth-order valence-electron chi connectivity index (χ4n) is 2.29. The van der Waals surface area contributed by atoms with E-state index in [0.717, 1.165) is 11.6 Å². The highest BCUT2D eigenvalue weighted by Gasteiger charge is 2.39. The lowest BCUT2D eigenvalue weighted by Gasteiger charge is -2.25. The van der Waals surface area contributed by atoms with Crippen molar-refractivity contribution in [1.82, 2.24) is 0 Å². The molecule has 0 rings (SSSR count). The van der Waals surface area contributed by atoms with Gasteiger partial charge in [-0.3, -0.25) is 0 Å². The number of rotatable bonds is 13. The molecule has 2 unspecified atom stereocenters. The first-order chi connectivity index (χ1) is 13.7. The predicted octanol–water partition coefficient (Wildman–Crippen LogP) is 8.69. The SMILES string of the molecule is C=C(C)/C=C\C(=C)C(=C)/C(F)=C\C(=C)OC(F)(F)C(C)CCC(C)C(=C)/C(F)=C\C. The average Bonchev–Trinajstić information content (AvgIpc) is 2.66. The highest BCUT2D eigenvalue weighted by atomic mass is 19.3. The molecule has 166 valence electrons. The molecule has 0 aliphatic rings. The summed E-state index contributed by atoms with van der Waals surface area (Å²) in [6.07, 6.45) is 1.94. The lowest BCUT2D eigenvalue weighted by molar-refractivity contribution is -0.244. The van der Waals surface area contributed by atoms with E-state index in [1.54, 1.807) is 19.9 Å². The molecule has 2 atom stereocenters. The number of halogens is 4. The molecular weight excluding hydrogens is 392 g/mol. The number of alkyl halides is 2. The van der Waals surface area contributed by atoms with E-state index in [1.807, 2.05) is 0 Å². The van der Waals surface area contributed by atoms with Crippen molar-refractivity contribution in [3.05, 3.63) is 96.9 Å². The molecule has 0 aliphatic heterocycles. The zero-order valence-electron chi connectivity index (χ0n) is 18.3. The Bertz CT molecular complexity index is 781. The third-order valence-electron chi connectivity index (χ3n) is 4.56. The molecule has 5 heteroatoms. The quantitative estimate of drug-likeness (QED) is 0.163. The van der Waals surface area contributed by atoms with E-state index >= 15 is 0 Å². The minimum Gasteiger partial charge on any atom is -0.433 e. The normalized spacial score (nSPS) is 14.9. The fourth-order valence-corrected chi connectivity index (χ4v) is 2.29. The lowest BCUT2D eigenvalue weighted by Crippen LogP contribution is -2.29. The summed E-state index contributed by atoms with van der Waals surface area (Å²) >= 11 is 0. The second-order valence-corrected chi connectivity index (χ2v) is 7.35.